The van der Waals surface area contributed by atoms with Crippen molar-refractivity contribution in [1.29, 1.82) is 0 Å². The van der Waals surface area contributed by atoms with Gasteiger partial charge in [-0.15, -0.1) is 0 Å². The molecule has 1 aromatic heterocycles. The van der Waals surface area contributed by atoms with E-state index in [1.54, 1.807) is 20.8 Å². The summed E-state index contributed by atoms with van der Waals surface area (Å²) in [5.41, 5.74) is 0.804. The minimum absolute atomic E-state index is 0.233. The van der Waals surface area contributed by atoms with Crippen LogP contribution in [0.3, 0.4) is 0 Å². The molecule has 120 valence electrons. The van der Waals surface area contributed by atoms with E-state index in [1.165, 1.54) is 6.33 Å². The Balaban J connectivity index is 2.30. The zero-order chi connectivity index (χ0) is 16.1. The third-order valence-electron chi connectivity index (χ3n) is 2.50. The minimum atomic E-state index is -3.07. The van der Waals surface area contributed by atoms with Crippen LogP contribution in [0.4, 0.5) is 13.6 Å². The number of halogens is 2. The Kier molecular flexibility index (Phi) is 5.65. The number of amides is 1. The molecule has 1 amide bonds. The molecule has 0 saturated carbocycles. The molecule has 0 fully saturated rings. The third kappa shape index (κ3) is 7.03. The first-order valence-electron chi connectivity index (χ1n) is 6.63. The number of carbonyl (C=O) groups excluding carboxylic acids is 1. The van der Waals surface area contributed by atoms with Crippen LogP contribution in [0.5, 0.6) is 0 Å². The molecule has 1 aromatic rings. The lowest BCUT2D eigenvalue weighted by atomic mass is 10.2. The Hall–Kier alpha value is -1.70. The van der Waals surface area contributed by atoms with Crippen molar-refractivity contribution in [3.63, 3.8) is 0 Å². The molecule has 8 heteroatoms. The number of carbonyl (C=O) groups is 1. The molecule has 1 rings (SSSR count). The van der Waals surface area contributed by atoms with Crippen LogP contribution < -0.4 is 10.6 Å². The average molecular weight is 304 g/mol. The maximum absolute atomic E-state index is 13.6. The first kappa shape index (κ1) is 17.4. The van der Waals surface area contributed by atoms with Crippen LogP contribution in [0.25, 0.3) is 0 Å². The van der Waals surface area contributed by atoms with Crippen molar-refractivity contribution in [2.45, 2.75) is 45.8 Å². The number of nitrogens with zero attached hydrogens (tertiary/aromatic N) is 1. The third-order valence-corrected chi connectivity index (χ3v) is 2.50. The SMILES string of the molecule is Cc1[nH]cnc1CNCC(F)(F)CNC(=O)OC(C)(C)C. The summed E-state index contributed by atoms with van der Waals surface area (Å²) in [6.45, 7) is 5.70. The fourth-order valence-electron chi connectivity index (χ4n) is 1.51. The van der Waals surface area contributed by atoms with Gasteiger partial charge in [0.15, 0.2) is 0 Å². The van der Waals surface area contributed by atoms with E-state index < -0.39 is 30.7 Å². The van der Waals surface area contributed by atoms with E-state index >= 15 is 0 Å². The highest BCUT2D eigenvalue weighted by molar-refractivity contribution is 5.67. The number of ether oxygens (including phenoxy) is 1. The van der Waals surface area contributed by atoms with Gasteiger partial charge < -0.3 is 20.4 Å². The quantitative estimate of drug-likeness (QED) is 0.751. The van der Waals surface area contributed by atoms with Crippen LogP contribution in [0.15, 0.2) is 6.33 Å². The number of H-pyrrole nitrogens is 1. The Labute approximate surface area is 122 Å². The van der Waals surface area contributed by atoms with Gasteiger partial charge in [0, 0.05) is 12.2 Å². The molecule has 0 bridgehead atoms. The molecule has 0 aliphatic heterocycles. The number of aromatic nitrogens is 2. The Bertz CT molecular complexity index is 469. The molecule has 1 heterocycles. The number of hydrogen-bond acceptors (Lipinski definition) is 4. The van der Waals surface area contributed by atoms with Gasteiger partial charge in [-0.2, -0.15) is 0 Å². The number of rotatable bonds is 6. The van der Waals surface area contributed by atoms with Crippen molar-refractivity contribution >= 4 is 6.09 Å². The van der Waals surface area contributed by atoms with E-state index in [-0.39, 0.29) is 6.54 Å². The van der Waals surface area contributed by atoms with Crippen LogP contribution in [-0.2, 0) is 11.3 Å². The average Bonchev–Trinajstić information content (AvgIpc) is 2.71. The summed E-state index contributed by atoms with van der Waals surface area (Å²) in [5, 5.41) is 4.68. The molecule has 0 atom stereocenters. The highest BCUT2D eigenvalue weighted by Gasteiger charge is 2.30. The number of hydrogen-bond donors (Lipinski definition) is 3. The summed E-state index contributed by atoms with van der Waals surface area (Å²) in [6.07, 6.45) is 0.652. The maximum Gasteiger partial charge on any atom is 0.407 e. The topological polar surface area (TPSA) is 79.0 Å². The van der Waals surface area contributed by atoms with Crippen molar-refractivity contribution < 1.29 is 18.3 Å². The van der Waals surface area contributed by atoms with Crippen LogP contribution in [-0.4, -0.2) is 40.7 Å². The Morgan fingerprint density at radius 1 is 1.38 bits per heavy atom. The van der Waals surface area contributed by atoms with Crippen molar-refractivity contribution in [2.24, 2.45) is 0 Å². The van der Waals surface area contributed by atoms with Crippen LogP contribution >= 0.6 is 0 Å². The van der Waals surface area contributed by atoms with Crippen LogP contribution in [0.1, 0.15) is 32.2 Å². The normalized spacial score (nSPS) is 12.3. The molecule has 0 unspecified atom stereocenters. The van der Waals surface area contributed by atoms with Crippen LogP contribution in [0.2, 0.25) is 0 Å². The number of aryl methyl sites for hydroxylation is 1. The highest BCUT2D eigenvalue weighted by atomic mass is 19.3. The van der Waals surface area contributed by atoms with Crippen molar-refractivity contribution in [3.8, 4) is 0 Å². The van der Waals surface area contributed by atoms with Crippen molar-refractivity contribution in [1.82, 2.24) is 20.6 Å². The maximum atomic E-state index is 13.6. The molecular formula is C13H22F2N4O2. The summed E-state index contributed by atoms with van der Waals surface area (Å²) >= 11 is 0. The monoisotopic (exact) mass is 304 g/mol. The second-order valence-electron chi connectivity index (χ2n) is 5.79. The number of alkyl halides is 2. The summed E-state index contributed by atoms with van der Waals surface area (Å²) in [7, 11) is 0. The molecule has 0 aliphatic rings. The van der Waals surface area contributed by atoms with Crippen LogP contribution in [0, 0.1) is 6.92 Å². The van der Waals surface area contributed by atoms with Gasteiger partial charge in [-0.05, 0) is 27.7 Å². The van der Waals surface area contributed by atoms with Gasteiger partial charge in [0.1, 0.15) is 5.60 Å². The molecule has 21 heavy (non-hydrogen) atoms. The molecule has 3 N–H and O–H groups in total. The first-order chi connectivity index (χ1) is 9.59. The van der Waals surface area contributed by atoms with Gasteiger partial charge in [-0.1, -0.05) is 0 Å². The van der Waals surface area contributed by atoms with E-state index in [0.717, 1.165) is 5.69 Å². The zero-order valence-corrected chi connectivity index (χ0v) is 12.7. The lowest BCUT2D eigenvalue weighted by Crippen LogP contribution is -2.44. The molecular weight excluding hydrogens is 282 g/mol. The lowest BCUT2D eigenvalue weighted by molar-refractivity contribution is -0.00382. The zero-order valence-electron chi connectivity index (χ0n) is 12.7. The number of imidazole rings is 1. The largest absolute Gasteiger partial charge is 0.444 e. The molecule has 0 aliphatic carbocycles. The van der Waals surface area contributed by atoms with Gasteiger partial charge in [0.25, 0.3) is 5.92 Å². The number of nitrogens with one attached hydrogen (secondary N) is 3. The fraction of sp³-hybridized carbons (Fsp3) is 0.692. The van der Waals surface area contributed by atoms with Gasteiger partial charge >= 0.3 is 6.09 Å². The molecule has 0 radical (unpaired) electrons. The highest BCUT2D eigenvalue weighted by Crippen LogP contribution is 2.12. The van der Waals surface area contributed by atoms with Gasteiger partial charge in [-0.3, -0.25) is 0 Å². The molecule has 0 saturated heterocycles. The number of aromatic amines is 1. The molecule has 6 nitrogen and oxygen atoms in total. The van der Waals surface area contributed by atoms with E-state index in [0.29, 0.717) is 5.69 Å². The summed E-state index contributed by atoms with van der Waals surface area (Å²) in [5.74, 6) is -3.07. The fourth-order valence-corrected chi connectivity index (χ4v) is 1.51. The smallest absolute Gasteiger partial charge is 0.407 e. The van der Waals surface area contributed by atoms with E-state index in [1.807, 2.05) is 6.92 Å². The van der Waals surface area contributed by atoms with Crippen molar-refractivity contribution in [2.75, 3.05) is 13.1 Å². The van der Waals surface area contributed by atoms with E-state index in [9.17, 15) is 13.6 Å². The second kappa shape index (κ2) is 6.84. The van der Waals surface area contributed by atoms with Gasteiger partial charge in [0.2, 0.25) is 0 Å². The minimum Gasteiger partial charge on any atom is -0.444 e. The van der Waals surface area contributed by atoms with E-state index in [4.69, 9.17) is 4.74 Å². The predicted molar refractivity (Wildman–Crippen MR) is 74.2 cm³/mol. The summed E-state index contributed by atoms with van der Waals surface area (Å²) < 4.78 is 32.1. The van der Waals surface area contributed by atoms with Gasteiger partial charge in [-0.25, -0.2) is 18.6 Å². The first-order valence-corrected chi connectivity index (χ1v) is 6.63. The summed E-state index contributed by atoms with van der Waals surface area (Å²) in [6, 6.07) is 0. The standard InChI is InChI=1S/C13H22F2N4O2/c1-9-10(19-8-18-9)5-16-6-13(14,15)7-17-11(20)21-12(2,3)4/h8,16H,5-7H2,1-4H3,(H,17,20)(H,18,19). The second-order valence-corrected chi connectivity index (χ2v) is 5.79. The van der Waals surface area contributed by atoms with Crippen molar-refractivity contribution in [3.05, 3.63) is 17.7 Å². The van der Waals surface area contributed by atoms with Gasteiger partial charge in [0.05, 0.1) is 25.1 Å². The molecule has 0 aromatic carbocycles. The number of alkyl carbamates (subject to hydrolysis) is 1. The predicted octanol–water partition coefficient (Wildman–Crippen LogP) is 1.97. The van der Waals surface area contributed by atoms with E-state index in [2.05, 4.69) is 20.6 Å². The Morgan fingerprint density at radius 2 is 2.05 bits per heavy atom. The Morgan fingerprint density at radius 3 is 2.57 bits per heavy atom. The summed E-state index contributed by atoms with van der Waals surface area (Å²) in [4.78, 5) is 18.2. The molecule has 0 spiro atoms. The lowest BCUT2D eigenvalue weighted by Gasteiger charge is -2.22.